The number of fused-ring (bicyclic) bond motifs is 1. The number of nitrogens with zero attached hydrogens (tertiary/aromatic N) is 2. The Morgan fingerprint density at radius 1 is 1.41 bits per heavy atom. The fourth-order valence-electron chi connectivity index (χ4n) is 2.90. The number of hydrazone groups is 1. The van der Waals surface area contributed by atoms with Gasteiger partial charge in [0, 0.05) is 6.07 Å². The summed E-state index contributed by atoms with van der Waals surface area (Å²) < 4.78 is 19.8. The Morgan fingerprint density at radius 2 is 2.18 bits per heavy atom. The molecule has 2 aliphatic rings. The van der Waals surface area contributed by atoms with Crippen molar-refractivity contribution >= 4 is 28.9 Å². The lowest BCUT2D eigenvalue weighted by Gasteiger charge is -2.19. The van der Waals surface area contributed by atoms with Crippen LogP contribution in [-0.4, -0.2) is 17.7 Å². The van der Waals surface area contributed by atoms with Crippen LogP contribution in [0, 0.1) is 11.7 Å². The summed E-state index contributed by atoms with van der Waals surface area (Å²) in [7, 11) is 0. The van der Waals surface area contributed by atoms with E-state index in [9.17, 15) is 9.18 Å². The molecule has 1 amide bonds. The number of benzene rings is 1. The summed E-state index contributed by atoms with van der Waals surface area (Å²) in [5.74, 6) is -0.571. The normalized spacial score (nSPS) is 21.1. The van der Waals surface area contributed by atoms with Gasteiger partial charge in [-0.2, -0.15) is 10.1 Å². The van der Waals surface area contributed by atoms with E-state index in [0.29, 0.717) is 5.75 Å². The second kappa shape index (κ2) is 5.88. The largest absolute Gasteiger partial charge is 0.489 e. The third-order valence-electron chi connectivity index (χ3n) is 3.91. The highest BCUT2D eigenvalue weighted by atomic mass is 35.5. The maximum Gasteiger partial charge on any atom is 0.256 e. The van der Waals surface area contributed by atoms with Crippen LogP contribution in [0.3, 0.4) is 0 Å². The van der Waals surface area contributed by atoms with Crippen molar-refractivity contribution in [3.05, 3.63) is 23.0 Å². The Labute approximate surface area is 133 Å². The van der Waals surface area contributed by atoms with Crippen molar-refractivity contribution in [2.45, 2.75) is 45.6 Å². The summed E-state index contributed by atoms with van der Waals surface area (Å²) >= 11 is 6.01. The van der Waals surface area contributed by atoms with Gasteiger partial charge in [-0.15, -0.1) is 0 Å². The predicted molar refractivity (Wildman–Crippen MR) is 84.1 cm³/mol. The molecule has 22 heavy (non-hydrogen) atoms. The molecule has 0 saturated heterocycles. The molecule has 0 radical (unpaired) electrons. The van der Waals surface area contributed by atoms with Crippen LogP contribution in [-0.2, 0) is 4.79 Å². The van der Waals surface area contributed by atoms with Gasteiger partial charge >= 0.3 is 0 Å². The van der Waals surface area contributed by atoms with Crippen LogP contribution in [0.1, 0.15) is 39.5 Å². The lowest BCUT2D eigenvalue weighted by molar-refractivity contribution is -0.120. The van der Waals surface area contributed by atoms with E-state index >= 15 is 0 Å². The summed E-state index contributed by atoms with van der Waals surface area (Å²) in [6, 6.07) is 2.63. The highest BCUT2D eigenvalue weighted by Crippen LogP contribution is 2.37. The van der Waals surface area contributed by atoms with E-state index in [1.807, 2.05) is 13.8 Å². The van der Waals surface area contributed by atoms with Gasteiger partial charge in [-0.1, -0.05) is 18.0 Å². The van der Waals surface area contributed by atoms with Gasteiger partial charge in [0.25, 0.3) is 5.91 Å². The molecule has 1 aromatic carbocycles. The summed E-state index contributed by atoms with van der Waals surface area (Å²) in [6.07, 6.45) is 3.53. The number of hydrogen-bond donors (Lipinski definition) is 0. The van der Waals surface area contributed by atoms with E-state index < -0.39 is 5.82 Å². The molecule has 0 aromatic heterocycles. The zero-order valence-corrected chi connectivity index (χ0v) is 13.4. The SMILES string of the molecule is CC(C)Oc1cc(N2N=C3CCCCC3C2=O)c(F)cc1Cl. The molecule has 1 unspecified atom stereocenters. The first-order chi connectivity index (χ1) is 10.5. The summed E-state index contributed by atoms with van der Waals surface area (Å²) in [6.45, 7) is 3.71. The third kappa shape index (κ3) is 2.70. The van der Waals surface area contributed by atoms with Crippen molar-refractivity contribution in [1.82, 2.24) is 0 Å². The fraction of sp³-hybridized carbons (Fsp3) is 0.500. The molecule has 0 spiro atoms. The number of amides is 1. The Balaban J connectivity index is 1.97. The van der Waals surface area contributed by atoms with Gasteiger partial charge in [0.2, 0.25) is 0 Å². The second-order valence-electron chi connectivity index (χ2n) is 5.94. The van der Waals surface area contributed by atoms with Crippen LogP contribution in [0.25, 0.3) is 0 Å². The summed E-state index contributed by atoms with van der Waals surface area (Å²) in [4.78, 5) is 12.5. The van der Waals surface area contributed by atoms with Crippen molar-refractivity contribution in [2.75, 3.05) is 5.01 Å². The molecule has 1 aliphatic carbocycles. The smallest absolute Gasteiger partial charge is 0.256 e. The Kier molecular flexibility index (Phi) is 4.08. The quantitative estimate of drug-likeness (QED) is 0.837. The van der Waals surface area contributed by atoms with Gasteiger partial charge in [-0.05, 0) is 39.2 Å². The molecule has 0 bridgehead atoms. The van der Waals surface area contributed by atoms with Gasteiger partial charge in [0.1, 0.15) is 11.4 Å². The average molecular weight is 325 g/mol. The van der Waals surface area contributed by atoms with Crippen molar-refractivity contribution in [2.24, 2.45) is 11.0 Å². The Bertz CT molecular complexity index is 645. The first kappa shape index (κ1) is 15.3. The molecule has 0 N–H and O–H groups in total. The highest BCUT2D eigenvalue weighted by molar-refractivity contribution is 6.32. The molecular formula is C16H18ClFN2O2. The number of carbonyl (C=O) groups is 1. The van der Waals surface area contributed by atoms with Gasteiger partial charge in [-0.3, -0.25) is 4.79 Å². The first-order valence-corrected chi connectivity index (χ1v) is 7.92. The van der Waals surface area contributed by atoms with Crippen molar-refractivity contribution in [3.63, 3.8) is 0 Å². The van der Waals surface area contributed by atoms with Crippen LogP contribution in [0.4, 0.5) is 10.1 Å². The average Bonchev–Trinajstić information content (AvgIpc) is 2.79. The molecule has 3 rings (SSSR count). The first-order valence-electron chi connectivity index (χ1n) is 7.54. The molecule has 118 valence electrons. The van der Waals surface area contributed by atoms with E-state index in [-0.39, 0.29) is 28.6 Å². The molecule has 1 atom stereocenters. The number of anilines is 1. The van der Waals surface area contributed by atoms with Gasteiger partial charge < -0.3 is 4.74 Å². The second-order valence-corrected chi connectivity index (χ2v) is 6.35. The van der Waals surface area contributed by atoms with E-state index in [1.54, 1.807) is 0 Å². The van der Waals surface area contributed by atoms with Crippen LogP contribution >= 0.6 is 11.6 Å². The maximum absolute atomic E-state index is 14.3. The standard InChI is InChI=1S/C16H18ClFN2O2/c1-9(2)22-15-8-14(12(18)7-11(15)17)20-16(21)10-5-3-4-6-13(10)19-20/h7-10H,3-6H2,1-2H3. The molecule has 4 nitrogen and oxygen atoms in total. The molecular weight excluding hydrogens is 307 g/mol. The van der Waals surface area contributed by atoms with Crippen molar-refractivity contribution < 1.29 is 13.9 Å². The zero-order valence-electron chi connectivity index (χ0n) is 12.6. The Hall–Kier alpha value is -1.62. The third-order valence-corrected chi connectivity index (χ3v) is 4.20. The summed E-state index contributed by atoms with van der Waals surface area (Å²) in [5, 5.41) is 5.69. The van der Waals surface area contributed by atoms with E-state index in [4.69, 9.17) is 16.3 Å². The van der Waals surface area contributed by atoms with Gasteiger partial charge in [0.15, 0.2) is 5.82 Å². The number of hydrogen-bond acceptors (Lipinski definition) is 3. The molecule has 1 fully saturated rings. The molecule has 1 aromatic rings. The number of ether oxygens (including phenoxy) is 1. The van der Waals surface area contributed by atoms with Crippen LogP contribution in [0.5, 0.6) is 5.75 Å². The number of rotatable bonds is 3. The van der Waals surface area contributed by atoms with Crippen LogP contribution in [0.2, 0.25) is 5.02 Å². The van der Waals surface area contributed by atoms with Crippen LogP contribution < -0.4 is 9.75 Å². The minimum atomic E-state index is -0.572. The molecule has 6 heteroatoms. The van der Waals surface area contributed by atoms with E-state index in [1.165, 1.54) is 17.1 Å². The fourth-order valence-corrected chi connectivity index (χ4v) is 3.10. The van der Waals surface area contributed by atoms with E-state index in [2.05, 4.69) is 5.10 Å². The number of carbonyl (C=O) groups excluding carboxylic acids is 1. The molecule has 1 saturated carbocycles. The van der Waals surface area contributed by atoms with Crippen molar-refractivity contribution in [1.29, 1.82) is 0 Å². The highest BCUT2D eigenvalue weighted by Gasteiger charge is 2.38. The lowest BCUT2D eigenvalue weighted by Crippen LogP contribution is -2.29. The zero-order chi connectivity index (χ0) is 15.9. The van der Waals surface area contributed by atoms with Gasteiger partial charge in [0.05, 0.1) is 22.8 Å². The Morgan fingerprint density at radius 3 is 2.86 bits per heavy atom. The minimum absolute atomic E-state index is 0.0982. The maximum atomic E-state index is 14.3. The number of halogens is 2. The molecule has 1 heterocycles. The van der Waals surface area contributed by atoms with Crippen LogP contribution in [0.15, 0.2) is 17.2 Å². The predicted octanol–water partition coefficient (Wildman–Crippen LogP) is 4.16. The summed E-state index contributed by atoms with van der Waals surface area (Å²) in [5.41, 5.74) is 0.962. The lowest BCUT2D eigenvalue weighted by atomic mass is 9.87. The van der Waals surface area contributed by atoms with Gasteiger partial charge in [-0.25, -0.2) is 4.39 Å². The molecule has 1 aliphatic heterocycles. The van der Waals surface area contributed by atoms with E-state index in [0.717, 1.165) is 31.4 Å². The monoisotopic (exact) mass is 324 g/mol. The minimum Gasteiger partial charge on any atom is -0.489 e. The topological polar surface area (TPSA) is 41.9 Å². The van der Waals surface area contributed by atoms with Crippen molar-refractivity contribution in [3.8, 4) is 5.75 Å².